The summed E-state index contributed by atoms with van der Waals surface area (Å²) in [5.74, 6) is 0.986. The van der Waals surface area contributed by atoms with Crippen LogP contribution in [0.4, 0.5) is 0 Å². The van der Waals surface area contributed by atoms with E-state index in [1.54, 1.807) is 13.8 Å². The van der Waals surface area contributed by atoms with E-state index < -0.39 is 12.2 Å². The van der Waals surface area contributed by atoms with E-state index in [4.69, 9.17) is 9.47 Å². The lowest BCUT2D eigenvalue weighted by Crippen LogP contribution is -2.48. The summed E-state index contributed by atoms with van der Waals surface area (Å²) in [6, 6.07) is 11.5. The van der Waals surface area contributed by atoms with Gasteiger partial charge >= 0.3 is 0 Å². The van der Waals surface area contributed by atoms with Crippen LogP contribution in [0.1, 0.15) is 43.0 Å². The molecule has 2 amide bonds. The molecular weight excluding hydrogens is 392 g/mol. The first kappa shape index (κ1) is 24.3. The summed E-state index contributed by atoms with van der Waals surface area (Å²) in [6.45, 7) is 13.4. The predicted octanol–water partition coefficient (Wildman–Crippen LogP) is 3.78. The minimum Gasteiger partial charge on any atom is -0.480 e. The summed E-state index contributed by atoms with van der Waals surface area (Å²) in [4.78, 5) is 24.9. The monoisotopic (exact) mass is 426 g/mol. The lowest BCUT2D eigenvalue weighted by molar-refractivity contribution is -0.129. The van der Waals surface area contributed by atoms with Gasteiger partial charge in [0.1, 0.15) is 11.5 Å². The molecule has 0 bridgehead atoms. The molecule has 6 heteroatoms. The van der Waals surface area contributed by atoms with Crippen molar-refractivity contribution in [3.05, 3.63) is 58.7 Å². The fourth-order valence-corrected chi connectivity index (χ4v) is 3.24. The van der Waals surface area contributed by atoms with Crippen LogP contribution in [0.2, 0.25) is 0 Å². The normalized spacial score (nSPS) is 13.6. The van der Waals surface area contributed by atoms with Gasteiger partial charge in [-0.25, -0.2) is 0 Å². The number of amides is 2. The number of aryl methyl sites for hydroxylation is 4. The highest BCUT2D eigenvalue weighted by Crippen LogP contribution is 2.24. The van der Waals surface area contributed by atoms with E-state index in [1.165, 1.54) is 0 Å². The highest BCUT2D eigenvalue weighted by molar-refractivity contribution is 5.82. The zero-order chi connectivity index (χ0) is 23.1. The van der Waals surface area contributed by atoms with E-state index in [9.17, 15) is 9.59 Å². The Hall–Kier alpha value is -3.02. The molecule has 0 aliphatic rings. The number of para-hydroxylation sites is 2. The third-order valence-corrected chi connectivity index (χ3v) is 5.12. The largest absolute Gasteiger partial charge is 0.480 e. The second kappa shape index (κ2) is 10.8. The molecule has 0 heterocycles. The Kier molecular flexibility index (Phi) is 8.48. The quantitative estimate of drug-likeness (QED) is 0.640. The molecule has 168 valence electrons. The van der Waals surface area contributed by atoms with Crippen molar-refractivity contribution < 1.29 is 19.1 Å². The number of carbonyl (C=O) groups excluding carboxylic acids is 2. The van der Waals surface area contributed by atoms with Crippen LogP contribution in [0.3, 0.4) is 0 Å². The van der Waals surface area contributed by atoms with Gasteiger partial charge in [-0.2, -0.15) is 0 Å². The van der Waals surface area contributed by atoms with Crippen LogP contribution in [0.25, 0.3) is 0 Å². The molecular formula is C25H34N2O4. The third kappa shape index (κ3) is 6.74. The van der Waals surface area contributed by atoms with Gasteiger partial charge in [0.05, 0.1) is 0 Å². The Balaban J connectivity index is 1.83. The summed E-state index contributed by atoms with van der Waals surface area (Å²) in [6.07, 6.45) is -1.29. The van der Waals surface area contributed by atoms with Crippen LogP contribution < -0.4 is 20.1 Å². The van der Waals surface area contributed by atoms with Crippen molar-refractivity contribution in [2.75, 3.05) is 6.54 Å². The van der Waals surface area contributed by atoms with Gasteiger partial charge in [0.15, 0.2) is 12.2 Å². The van der Waals surface area contributed by atoms with Crippen LogP contribution in [-0.2, 0) is 9.59 Å². The zero-order valence-corrected chi connectivity index (χ0v) is 19.5. The van der Waals surface area contributed by atoms with E-state index in [2.05, 4.69) is 10.6 Å². The standard InChI is InChI=1S/C25H34N2O4/c1-15-10-8-11-16(2)22(15)30-20(6)24(28)26-14-19(5)27-25(29)21(7)31-23-17(3)12-9-13-18(23)4/h8-13,19-21H,14H2,1-7H3,(H,26,28)(H,27,29)/t19-,20-,21+/m0/s1. The van der Waals surface area contributed by atoms with Gasteiger partial charge in [-0.3, -0.25) is 9.59 Å². The molecule has 0 aliphatic carbocycles. The van der Waals surface area contributed by atoms with Gasteiger partial charge in [0, 0.05) is 12.6 Å². The van der Waals surface area contributed by atoms with E-state index in [-0.39, 0.29) is 17.9 Å². The van der Waals surface area contributed by atoms with Crippen molar-refractivity contribution in [1.82, 2.24) is 10.6 Å². The van der Waals surface area contributed by atoms with Crippen molar-refractivity contribution in [1.29, 1.82) is 0 Å². The van der Waals surface area contributed by atoms with Gasteiger partial charge in [-0.15, -0.1) is 0 Å². The topological polar surface area (TPSA) is 76.7 Å². The SMILES string of the molecule is Cc1cccc(C)c1O[C@@H](C)C(=O)NC[C@H](C)NC(=O)[C@@H](C)Oc1c(C)cccc1C. The van der Waals surface area contributed by atoms with Gasteiger partial charge < -0.3 is 20.1 Å². The predicted molar refractivity (Wildman–Crippen MR) is 123 cm³/mol. The van der Waals surface area contributed by atoms with Crippen molar-refractivity contribution in [3.8, 4) is 11.5 Å². The fourth-order valence-electron chi connectivity index (χ4n) is 3.24. The van der Waals surface area contributed by atoms with Gasteiger partial charge in [-0.1, -0.05) is 36.4 Å². The maximum atomic E-state index is 12.5. The molecule has 31 heavy (non-hydrogen) atoms. The summed E-state index contributed by atoms with van der Waals surface area (Å²) in [5, 5.41) is 5.72. The Morgan fingerprint density at radius 1 is 0.742 bits per heavy atom. The van der Waals surface area contributed by atoms with Gasteiger partial charge in [-0.05, 0) is 70.7 Å². The number of benzene rings is 2. The average Bonchev–Trinajstić information content (AvgIpc) is 2.71. The maximum Gasteiger partial charge on any atom is 0.261 e. The first-order valence-corrected chi connectivity index (χ1v) is 10.6. The third-order valence-electron chi connectivity index (χ3n) is 5.12. The summed E-state index contributed by atoms with van der Waals surface area (Å²) in [5.41, 5.74) is 3.94. The highest BCUT2D eigenvalue weighted by Gasteiger charge is 2.21. The average molecular weight is 427 g/mol. The summed E-state index contributed by atoms with van der Waals surface area (Å²) in [7, 11) is 0. The molecule has 0 aromatic heterocycles. The minimum absolute atomic E-state index is 0.232. The van der Waals surface area contributed by atoms with Crippen LogP contribution in [0.15, 0.2) is 36.4 Å². The lowest BCUT2D eigenvalue weighted by Gasteiger charge is -2.22. The molecule has 0 spiro atoms. The van der Waals surface area contributed by atoms with Crippen molar-refractivity contribution in [2.45, 2.75) is 66.7 Å². The second-order valence-electron chi connectivity index (χ2n) is 8.12. The van der Waals surface area contributed by atoms with Crippen molar-refractivity contribution >= 4 is 11.8 Å². The molecule has 0 fully saturated rings. The minimum atomic E-state index is -0.649. The first-order valence-electron chi connectivity index (χ1n) is 10.6. The summed E-state index contributed by atoms with van der Waals surface area (Å²) >= 11 is 0. The van der Waals surface area contributed by atoms with Crippen molar-refractivity contribution in [2.24, 2.45) is 0 Å². The number of carbonyl (C=O) groups is 2. The fraction of sp³-hybridized carbons (Fsp3) is 0.440. The first-order chi connectivity index (χ1) is 14.6. The van der Waals surface area contributed by atoms with Gasteiger partial charge in [0.2, 0.25) is 0 Å². The number of hydrogen-bond acceptors (Lipinski definition) is 4. The molecule has 2 rings (SSSR count). The molecule has 2 N–H and O–H groups in total. The molecule has 0 saturated heterocycles. The smallest absolute Gasteiger partial charge is 0.261 e. The van der Waals surface area contributed by atoms with Crippen molar-refractivity contribution in [3.63, 3.8) is 0 Å². The molecule has 0 radical (unpaired) electrons. The van der Waals surface area contributed by atoms with Gasteiger partial charge in [0.25, 0.3) is 11.8 Å². The molecule has 6 nitrogen and oxygen atoms in total. The Labute approximate surface area is 185 Å². The van der Waals surface area contributed by atoms with E-state index in [1.807, 2.05) is 71.0 Å². The Morgan fingerprint density at radius 3 is 1.55 bits per heavy atom. The molecule has 0 aliphatic heterocycles. The van der Waals surface area contributed by atoms with Crippen LogP contribution in [-0.4, -0.2) is 36.6 Å². The number of ether oxygens (including phenoxy) is 2. The van der Waals surface area contributed by atoms with Crippen LogP contribution in [0.5, 0.6) is 11.5 Å². The van der Waals surface area contributed by atoms with E-state index in [0.29, 0.717) is 6.54 Å². The summed E-state index contributed by atoms with van der Waals surface area (Å²) < 4.78 is 11.7. The van der Waals surface area contributed by atoms with Crippen LogP contribution >= 0.6 is 0 Å². The van der Waals surface area contributed by atoms with Crippen LogP contribution in [0, 0.1) is 27.7 Å². The lowest BCUT2D eigenvalue weighted by atomic mass is 10.1. The zero-order valence-electron chi connectivity index (χ0n) is 19.5. The number of hydrogen-bond donors (Lipinski definition) is 2. The molecule has 2 aromatic carbocycles. The van der Waals surface area contributed by atoms with E-state index in [0.717, 1.165) is 33.8 Å². The van der Waals surface area contributed by atoms with E-state index >= 15 is 0 Å². The number of nitrogens with one attached hydrogen (secondary N) is 2. The Bertz CT molecular complexity index is 885. The maximum absolute atomic E-state index is 12.5. The molecule has 0 unspecified atom stereocenters. The number of rotatable bonds is 9. The molecule has 3 atom stereocenters. The molecule has 0 saturated carbocycles. The molecule has 2 aromatic rings. The Morgan fingerprint density at radius 2 is 1.13 bits per heavy atom. The highest BCUT2D eigenvalue weighted by atomic mass is 16.5. The second-order valence-corrected chi connectivity index (χ2v) is 8.12.